The van der Waals surface area contributed by atoms with Crippen LogP contribution in [-0.2, 0) is 18.3 Å². The van der Waals surface area contributed by atoms with Crippen LogP contribution in [-0.4, -0.2) is 27.7 Å². The molecule has 2 aromatic heterocycles. The molecule has 0 bridgehead atoms. The number of nitrogens with zero attached hydrogens (tertiary/aromatic N) is 3. The number of anilines is 1. The van der Waals surface area contributed by atoms with Gasteiger partial charge in [-0.2, -0.15) is 5.10 Å². The van der Waals surface area contributed by atoms with E-state index < -0.39 is 6.43 Å². The van der Waals surface area contributed by atoms with Crippen LogP contribution in [0.4, 0.5) is 14.5 Å². The van der Waals surface area contributed by atoms with Crippen molar-refractivity contribution in [1.29, 1.82) is 0 Å². The van der Waals surface area contributed by atoms with Crippen LogP contribution in [0.15, 0.2) is 30.5 Å². The summed E-state index contributed by atoms with van der Waals surface area (Å²) in [5, 5.41) is 4.84. The SMILES string of the molecule is Cc1[nH]c2ccccc2c1CCN(C=O)c1cn(C)nc1C(F)F. The van der Waals surface area contributed by atoms with Crippen LogP contribution in [0, 0.1) is 6.92 Å². The van der Waals surface area contributed by atoms with Crippen molar-refractivity contribution in [3.8, 4) is 0 Å². The van der Waals surface area contributed by atoms with Gasteiger partial charge >= 0.3 is 0 Å². The normalized spacial score (nSPS) is 11.4. The highest BCUT2D eigenvalue weighted by Crippen LogP contribution is 2.28. The van der Waals surface area contributed by atoms with Crippen molar-refractivity contribution in [1.82, 2.24) is 14.8 Å². The van der Waals surface area contributed by atoms with E-state index in [0.717, 1.165) is 22.2 Å². The summed E-state index contributed by atoms with van der Waals surface area (Å²) in [7, 11) is 1.56. The molecular formula is C17H18F2N4O. The molecule has 1 amide bonds. The predicted octanol–water partition coefficient (Wildman–Crippen LogP) is 3.35. The van der Waals surface area contributed by atoms with Gasteiger partial charge in [0.1, 0.15) is 0 Å². The number of alkyl halides is 2. The Kier molecular flexibility index (Phi) is 4.33. The number of H-pyrrole nitrogens is 1. The Morgan fingerprint density at radius 1 is 1.38 bits per heavy atom. The maximum absolute atomic E-state index is 13.1. The first-order valence-corrected chi connectivity index (χ1v) is 7.61. The number of benzene rings is 1. The number of nitrogens with one attached hydrogen (secondary N) is 1. The van der Waals surface area contributed by atoms with Crippen molar-refractivity contribution in [2.45, 2.75) is 19.8 Å². The first-order valence-electron chi connectivity index (χ1n) is 7.61. The lowest BCUT2D eigenvalue weighted by atomic mass is 10.1. The van der Waals surface area contributed by atoms with Crippen LogP contribution in [0.3, 0.4) is 0 Å². The van der Waals surface area contributed by atoms with Crippen LogP contribution in [0.5, 0.6) is 0 Å². The number of halogens is 2. The van der Waals surface area contributed by atoms with E-state index in [4.69, 9.17) is 0 Å². The quantitative estimate of drug-likeness (QED) is 0.704. The maximum atomic E-state index is 13.1. The zero-order valence-corrected chi connectivity index (χ0v) is 13.5. The van der Waals surface area contributed by atoms with Crippen molar-refractivity contribution in [2.24, 2.45) is 7.05 Å². The minimum atomic E-state index is -2.72. The molecule has 1 aromatic carbocycles. The fraction of sp³-hybridized carbons (Fsp3) is 0.294. The van der Waals surface area contributed by atoms with E-state index in [1.165, 1.54) is 15.8 Å². The van der Waals surface area contributed by atoms with Crippen molar-refractivity contribution in [2.75, 3.05) is 11.4 Å². The second-order valence-corrected chi connectivity index (χ2v) is 5.70. The fourth-order valence-corrected chi connectivity index (χ4v) is 2.99. The Balaban J connectivity index is 1.86. The maximum Gasteiger partial charge on any atom is 0.284 e. The fourth-order valence-electron chi connectivity index (χ4n) is 2.99. The summed E-state index contributed by atoms with van der Waals surface area (Å²) in [6.45, 7) is 2.27. The van der Waals surface area contributed by atoms with Crippen molar-refractivity contribution in [3.63, 3.8) is 0 Å². The van der Waals surface area contributed by atoms with Gasteiger partial charge in [-0.1, -0.05) is 18.2 Å². The third kappa shape index (κ3) is 2.89. The second-order valence-electron chi connectivity index (χ2n) is 5.70. The molecule has 0 unspecified atom stereocenters. The Bertz CT molecular complexity index is 869. The van der Waals surface area contributed by atoms with E-state index in [9.17, 15) is 13.6 Å². The lowest BCUT2D eigenvalue weighted by molar-refractivity contribution is -0.107. The molecule has 0 aliphatic carbocycles. The second kappa shape index (κ2) is 6.43. The van der Waals surface area contributed by atoms with Crippen LogP contribution in [0.1, 0.15) is 23.4 Å². The molecule has 126 valence electrons. The third-order valence-electron chi connectivity index (χ3n) is 4.11. The van der Waals surface area contributed by atoms with Gasteiger partial charge < -0.3 is 9.88 Å². The van der Waals surface area contributed by atoms with Gasteiger partial charge in [0.05, 0.1) is 5.69 Å². The number of hydrogen-bond donors (Lipinski definition) is 1. The molecule has 0 saturated carbocycles. The first-order chi connectivity index (χ1) is 11.5. The zero-order valence-electron chi connectivity index (χ0n) is 13.5. The van der Waals surface area contributed by atoms with E-state index in [1.807, 2.05) is 31.2 Å². The Morgan fingerprint density at radius 2 is 2.12 bits per heavy atom. The molecule has 5 nitrogen and oxygen atoms in total. The molecule has 0 saturated heterocycles. The molecule has 0 spiro atoms. The monoisotopic (exact) mass is 332 g/mol. The molecule has 24 heavy (non-hydrogen) atoms. The van der Waals surface area contributed by atoms with Crippen molar-refractivity contribution >= 4 is 23.0 Å². The molecule has 7 heteroatoms. The van der Waals surface area contributed by atoms with Gasteiger partial charge in [-0.15, -0.1) is 0 Å². The summed E-state index contributed by atoms with van der Waals surface area (Å²) in [5.74, 6) is 0. The number of hydrogen-bond acceptors (Lipinski definition) is 2. The summed E-state index contributed by atoms with van der Waals surface area (Å²) in [5.41, 5.74) is 2.90. The average Bonchev–Trinajstić information content (AvgIpc) is 3.08. The number of rotatable bonds is 6. The highest BCUT2D eigenvalue weighted by atomic mass is 19.3. The molecule has 0 aliphatic heterocycles. The first kappa shape index (κ1) is 16.2. The predicted molar refractivity (Wildman–Crippen MR) is 88.3 cm³/mol. The van der Waals surface area contributed by atoms with E-state index in [1.54, 1.807) is 7.05 Å². The van der Waals surface area contributed by atoms with E-state index in [0.29, 0.717) is 19.4 Å². The molecular weight excluding hydrogens is 314 g/mol. The van der Waals surface area contributed by atoms with Crippen LogP contribution in [0.25, 0.3) is 10.9 Å². The lowest BCUT2D eigenvalue weighted by Crippen LogP contribution is -2.24. The lowest BCUT2D eigenvalue weighted by Gasteiger charge is -2.17. The Morgan fingerprint density at radius 3 is 2.83 bits per heavy atom. The number of carbonyl (C=O) groups is 1. The van der Waals surface area contributed by atoms with Gasteiger partial charge in [-0.3, -0.25) is 9.48 Å². The van der Waals surface area contributed by atoms with Crippen LogP contribution >= 0.6 is 0 Å². The van der Waals surface area contributed by atoms with E-state index in [-0.39, 0.29) is 11.4 Å². The summed E-state index contributed by atoms with van der Waals surface area (Å²) in [4.78, 5) is 16.0. The minimum absolute atomic E-state index is 0.153. The van der Waals surface area contributed by atoms with Gasteiger partial charge in [-0.25, -0.2) is 8.78 Å². The van der Waals surface area contributed by atoms with Gasteiger partial charge in [-0.05, 0) is 25.0 Å². The largest absolute Gasteiger partial charge is 0.358 e. The topological polar surface area (TPSA) is 53.9 Å². The van der Waals surface area contributed by atoms with Gasteiger partial charge in [0.25, 0.3) is 6.43 Å². The minimum Gasteiger partial charge on any atom is -0.358 e. The molecule has 0 atom stereocenters. The third-order valence-corrected chi connectivity index (χ3v) is 4.11. The highest BCUT2D eigenvalue weighted by Gasteiger charge is 2.22. The Labute approximate surface area is 137 Å². The molecule has 0 radical (unpaired) electrons. The number of para-hydroxylation sites is 1. The molecule has 0 aliphatic rings. The average molecular weight is 332 g/mol. The highest BCUT2D eigenvalue weighted by molar-refractivity contribution is 5.85. The summed E-state index contributed by atoms with van der Waals surface area (Å²) in [6, 6.07) is 7.89. The summed E-state index contributed by atoms with van der Waals surface area (Å²) in [6.07, 6.45) is -0.143. The van der Waals surface area contributed by atoms with E-state index >= 15 is 0 Å². The molecule has 3 aromatic rings. The van der Waals surface area contributed by atoms with Gasteiger partial charge in [0, 0.05) is 36.4 Å². The summed E-state index contributed by atoms with van der Waals surface area (Å²) >= 11 is 0. The number of aromatic amines is 1. The van der Waals surface area contributed by atoms with Crippen molar-refractivity contribution < 1.29 is 13.6 Å². The standard InChI is InChI=1S/C17H18F2N4O/c1-11-12(13-5-3-4-6-14(13)20-11)7-8-23(10-24)15-9-22(2)21-16(15)17(18)19/h3-6,9-10,17,20H,7-8H2,1-2H3. The number of aromatic nitrogens is 3. The van der Waals surface area contributed by atoms with Crippen molar-refractivity contribution in [3.05, 3.63) is 47.4 Å². The zero-order chi connectivity index (χ0) is 17.3. The van der Waals surface area contributed by atoms with Crippen LogP contribution in [0.2, 0.25) is 0 Å². The Hall–Kier alpha value is -2.70. The molecule has 1 N–H and O–H groups in total. The molecule has 0 fully saturated rings. The summed E-state index contributed by atoms with van der Waals surface area (Å²) < 4.78 is 27.5. The smallest absolute Gasteiger partial charge is 0.284 e. The number of carbonyl (C=O) groups excluding carboxylic acids is 1. The molecule has 3 rings (SSSR count). The van der Waals surface area contributed by atoms with Crippen LogP contribution < -0.4 is 4.90 Å². The number of amides is 1. The van der Waals surface area contributed by atoms with Gasteiger partial charge in [0.2, 0.25) is 6.41 Å². The van der Waals surface area contributed by atoms with Gasteiger partial charge in [0.15, 0.2) is 5.69 Å². The number of fused-ring (bicyclic) bond motifs is 1. The molecule has 2 heterocycles. The number of aryl methyl sites for hydroxylation is 2. The van der Waals surface area contributed by atoms with E-state index in [2.05, 4.69) is 10.1 Å².